The van der Waals surface area contributed by atoms with Gasteiger partial charge in [0.1, 0.15) is 0 Å². The molecule has 1 unspecified atom stereocenters. The van der Waals surface area contributed by atoms with Gasteiger partial charge in [-0.25, -0.2) is 0 Å². The Kier molecular flexibility index (Phi) is 3.89. The second kappa shape index (κ2) is 5.34. The molecule has 3 rings (SSSR count). The molecule has 0 aromatic heterocycles. The second-order valence-corrected chi connectivity index (χ2v) is 7.54. The third kappa shape index (κ3) is 2.98. The van der Waals surface area contributed by atoms with E-state index in [-0.39, 0.29) is 5.54 Å². The van der Waals surface area contributed by atoms with Gasteiger partial charge in [-0.2, -0.15) is 0 Å². The van der Waals surface area contributed by atoms with Crippen molar-refractivity contribution in [2.24, 2.45) is 0 Å². The molecule has 2 saturated heterocycles. The third-order valence-electron chi connectivity index (χ3n) is 5.39. The van der Waals surface area contributed by atoms with Crippen LogP contribution in [0.25, 0.3) is 0 Å². The quantitative estimate of drug-likeness (QED) is 0.831. The Morgan fingerprint density at radius 2 is 1.95 bits per heavy atom. The number of hydrogen-bond acceptors (Lipinski definition) is 3. The molecule has 19 heavy (non-hydrogen) atoms. The van der Waals surface area contributed by atoms with E-state index in [0.717, 1.165) is 13.2 Å². The van der Waals surface area contributed by atoms with Crippen molar-refractivity contribution < 1.29 is 4.74 Å². The van der Waals surface area contributed by atoms with Gasteiger partial charge >= 0.3 is 0 Å². The molecule has 1 spiro atoms. The average Bonchev–Trinajstić information content (AvgIpc) is 2.88. The van der Waals surface area contributed by atoms with Crippen molar-refractivity contribution in [1.29, 1.82) is 0 Å². The first-order chi connectivity index (χ1) is 9.10. The zero-order valence-electron chi connectivity index (χ0n) is 12.7. The summed E-state index contributed by atoms with van der Waals surface area (Å²) in [5.41, 5.74) is 0.682. The molecular formula is C16H30N2O. The van der Waals surface area contributed by atoms with Crippen LogP contribution in [0.1, 0.15) is 58.8 Å². The molecule has 0 radical (unpaired) electrons. The van der Waals surface area contributed by atoms with Gasteiger partial charge in [-0.1, -0.05) is 19.3 Å². The molecule has 3 fully saturated rings. The fourth-order valence-electron chi connectivity index (χ4n) is 4.21. The summed E-state index contributed by atoms with van der Waals surface area (Å²) < 4.78 is 5.90. The molecule has 1 N–H and O–H groups in total. The summed E-state index contributed by atoms with van der Waals surface area (Å²) >= 11 is 0. The lowest BCUT2D eigenvalue weighted by Gasteiger charge is -2.55. The number of piperazine rings is 1. The molecule has 0 amide bonds. The minimum Gasteiger partial charge on any atom is -0.377 e. The maximum Gasteiger partial charge on any atom is 0.0703 e. The van der Waals surface area contributed by atoms with Crippen LogP contribution in [0.15, 0.2) is 0 Å². The van der Waals surface area contributed by atoms with Crippen molar-refractivity contribution in [3.05, 3.63) is 0 Å². The van der Waals surface area contributed by atoms with E-state index in [2.05, 4.69) is 24.1 Å². The standard InChI is InChI=1S/C16H30N2O/c1-15(2)13-18(11-14-7-6-10-19-14)16(12-17-15)8-4-3-5-9-16/h14,17H,3-13H2,1-2H3. The summed E-state index contributed by atoms with van der Waals surface area (Å²) in [6, 6.07) is 0. The molecule has 3 aliphatic rings. The Morgan fingerprint density at radius 3 is 2.63 bits per heavy atom. The molecule has 3 nitrogen and oxygen atoms in total. The highest BCUT2D eigenvalue weighted by Crippen LogP contribution is 2.37. The zero-order valence-corrected chi connectivity index (χ0v) is 12.7. The molecule has 1 atom stereocenters. The monoisotopic (exact) mass is 266 g/mol. The lowest BCUT2D eigenvalue weighted by Crippen LogP contribution is -2.69. The van der Waals surface area contributed by atoms with Crippen molar-refractivity contribution in [2.45, 2.75) is 76.0 Å². The minimum atomic E-state index is 0.251. The molecule has 2 aliphatic heterocycles. The first-order valence-electron chi connectivity index (χ1n) is 8.21. The van der Waals surface area contributed by atoms with Crippen molar-refractivity contribution in [1.82, 2.24) is 10.2 Å². The predicted molar refractivity (Wildman–Crippen MR) is 78.4 cm³/mol. The van der Waals surface area contributed by atoms with Gasteiger partial charge < -0.3 is 10.1 Å². The Balaban J connectivity index is 1.72. The number of hydrogen-bond donors (Lipinski definition) is 1. The van der Waals surface area contributed by atoms with E-state index < -0.39 is 0 Å². The fraction of sp³-hybridized carbons (Fsp3) is 1.00. The number of rotatable bonds is 2. The Bertz CT molecular complexity index is 304. The van der Waals surface area contributed by atoms with Gasteiger partial charge in [0, 0.05) is 37.3 Å². The smallest absolute Gasteiger partial charge is 0.0703 e. The highest BCUT2D eigenvalue weighted by atomic mass is 16.5. The van der Waals surface area contributed by atoms with Crippen molar-refractivity contribution in [3.63, 3.8) is 0 Å². The van der Waals surface area contributed by atoms with E-state index >= 15 is 0 Å². The lowest BCUT2D eigenvalue weighted by molar-refractivity contribution is -0.0404. The fourth-order valence-corrected chi connectivity index (χ4v) is 4.21. The largest absolute Gasteiger partial charge is 0.377 e. The van der Waals surface area contributed by atoms with Crippen molar-refractivity contribution in [3.8, 4) is 0 Å². The summed E-state index contributed by atoms with van der Waals surface area (Å²) in [7, 11) is 0. The van der Waals surface area contributed by atoms with E-state index in [0.29, 0.717) is 11.6 Å². The van der Waals surface area contributed by atoms with E-state index in [1.165, 1.54) is 58.0 Å². The molecule has 3 heteroatoms. The lowest BCUT2D eigenvalue weighted by atomic mass is 9.76. The maximum absolute atomic E-state index is 5.90. The van der Waals surface area contributed by atoms with Crippen LogP contribution >= 0.6 is 0 Å². The van der Waals surface area contributed by atoms with Gasteiger partial charge in [0.15, 0.2) is 0 Å². The molecule has 1 aliphatic carbocycles. The van der Waals surface area contributed by atoms with Gasteiger partial charge in [0.05, 0.1) is 6.10 Å². The third-order valence-corrected chi connectivity index (χ3v) is 5.39. The maximum atomic E-state index is 5.90. The van der Waals surface area contributed by atoms with Gasteiger partial charge in [0.25, 0.3) is 0 Å². The number of nitrogens with one attached hydrogen (secondary N) is 1. The summed E-state index contributed by atoms with van der Waals surface area (Å²) in [6.45, 7) is 9.16. The van der Waals surface area contributed by atoms with Crippen LogP contribution in [0.5, 0.6) is 0 Å². The van der Waals surface area contributed by atoms with Gasteiger partial charge in [0.2, 0.25) is 0 Å². The molecule has 1 saturated carbocycles. The average molecular weight is 266 g/mol. The van der Waals surface area contributed by atoms with E-state index in [1.807, 2.05) is 0 Å². The van der Waals surface area contributed by atoms with Crippen molar-refractivity contribution in [2.75, 3.05) is 26.2 Å². The molecule has 110 valence electrons. The minimum absolute atomic E-state index is 0.251. The highest BCUT2D eigenvalue weighted by molar-refractivity contribution is 5.04. The Labute approximate surface area is 118 Å². The molecule has 2 heterocycles. The highest BCUT2D eigenvalue weighted by Gasteiger charge is 2.45. The zero-order chi connectivity index (χ0) is 13.3. The van der Waals surface area contributed by atoms with E-state index in [4.69, 9.17) is 4.74 Å². The van der Waals surface area contributed by atoms with Crippen LogP contribution in [0.3, 0.4) is 0 Å². The Morgan fingerprint density at radius 1 is 1.16 bits per heavy atom. The summed E-state index contributed by atoms with van der Waals surface area (Å²) in [5, 5.41) is 3.79. The van der Waals surface area contributed by atoms with Crippen molar-refractivity contribution >= 4 is 0 Å². The molecule has 0 aromatic carbocycles. The van der Waals surface area contributed by atoms with Gasteiger partial charge in [-0.15, -0.1) is 0 Å². The van der Waals surface area contributed by atoms with Crippen LogP contribution in [0.2, 0.25) is 0 Å². The first-order valence-corrected chi connectivity index (χ1v) is 8.21. The van der Waals surface area contributed by atoms with Crippen LogP contribution in [0.4, 0.5) is 0 Å². The first kappa shape index (κ1) is 13.8. The molecule has 0 aromatic rings. The van der Waals surface area contributed by atoms with E-state index in [1.54, 1.807) is 0 Å². The van der Waals surface area contributed by atoms with Crippen LogP contribution in [-0.2, 0) is 4.74 Å². The Hall–Kier alpha value is -0.120. The summed E-state index contributed by atoms with van der Waals surface area (Å²) in [6.07, 6.45) is 10.0. The molecule has 0 bridgehead atoms. The van der Waals surface area contributed by atoms with Crippen LogP contribution in [-0.4, -0.2) is 48.3 Å². The normalized spacial score (nSPS) is 34.7. The summed E-state index contributed by atoms with van der Waals surface area (Å²) in [4.78, 5) is 2.79. The van der Waals surface area contributed by atoms with E-state index in [9.17, 15) is 0 Å². The van der Waals surface area contributed by atoms with Crippen LogP contribution in [0, 0.1) is 0 Å². The van der Waals surface area contributed by atoms with Gasteiger partial charge in [-0.05, 0) is 39.5 Å². The molecular weight excluding hydrogens is 236 g/mol. The number of ether oxygens (including phenoxy) is 1. The SMILES string of the molecule is CC1(C)CN(CC2CCCO2)C2(CCCCC2)CN1. The number of nitrogens with zero attached hydrogens (tertiary/aromatic N) is 1. The van der Waals surface area contributed by atoms with Gasteiger partial charge in [-0.3, -0.25) is 4.90 Å². The van der Waals surface area contributed by atoms with Crippen LogP contribution < -0.4 is 5.32 Å². The topological polar surface area (TPSA) is 24.5 Å². The second-order valence-electron chi connectivity index (χ2n) is 7.54. The predicted octanol–water partition coefficient (Wildman–Crippen LogP) is 2.55. The summed E-state index contributed by atoms with van der Waals surface area (Å²) in [5.74, 6) is 0.